The third-order valence-electron chi connectivity index (χ3n) is 2.39. The van der Waals surface area contributed by atoms with Gasteiger partial charge in [-0.2, -0.15) is 5.10 Å². The Labute approximate surface area is 117 Å². The summed E-state index contributed by atoms with van der Waals surface area (Å²) in [5.41, 5.74) is 0.993. The van der Waals surface area contributed by atoms with Crippen LogP contribution >= 0.6 is 11.6 Å². The average Bonchev–Trinajstić information content (AvgIpc) is 2.84. The smallest absolute Gasteiger partial charge is 0.162 e. The second-order valence-corrected chi connectivity index (χ2v) is 4.15. The molecule has 0 saturated heterocycles. The minimum atomic E-state index is -0.377. The lowest BCUT2D eigenvalue weighted by Crippen LogP contribution is -2.02. The zero-order valence-corrected chi connectivity index (χ0v) is 11.9. The number of benzene rings is 1. The Bertz CT molecular complexity index is 566. The second kappa shape index (κ2) is 7.04. The largest absolute Gasteiger partial charge is 0.294 e. The molecule has 0 N–H and O–H groups in total. The summed E-state index contributed by atoms with van der Waals surface area (Å²) in [5.74, 6) is -0.440. The summed E-state index contributed by atoms with van der Waals surface area (Å²) < 4.78 is 15.0. The molecule has 0 radical (unpaired) electrons. The predicted octanol–water partition coefficient (Wildman–Crippen LogP) is 3.95. The van der Waals surface area contributed by atoms with Gasteiger partial charge in [0.2, 0.25) is 0 Å². The van der Waals surface area contributed by atoms with Crippen LogP contribution in [-0.4, -0.2) is 15.6 Å². The molecule has 2 aromatic rings. The molecule has 0 unspecified atom stereocenters. The molecule has 102 valence electrons. The first-order valence-corrected chi connectivity index (χ1v) is 6.41. The Balaban J connectivity index is 0.000000861. The molecular weight excluding hydrogens is 267 g/mol. The normalized spacial score (nSPS) is 9.74. The first-order valence-electron chi connectivity index (χ1n) is 6.03. The number of hydrogen-bond donors (Lipinski definition) is 0. The molecule has 0 saturated carbocycles. The highest BCUT2D eigenvalue weighted by Gasteiger charge is 2.07. The third kappa shape index (κ3) is 4.17. The van der Waals surface area contributed by atoms with Gasteiger partial charge in [-0.1, -0.05) is 31.5 Å². The minimum absolute atomic E-state index is 0.0622. The summed E-state index contributed by atoms with van der Waals surface area (Å²) in [7, 11) is 0. The van der Waals surface area contributed by atoms with Crippen molar-refractivity contribution in [3.05, 3.63) is 52.6 Å². The molecule has 0 fully saturated rings. The molecular formula is C14H16ClFN2O. The third-order valence-corrected chi connectivity index (χ3v) is 2.62. The number of carbonyl (C=O) groups is 1. The van der Waals surface area contributed by atoms with E-state index in [0.29, 0.717) is 16.1 Å². The molecule has 0 aliphatic heterocycles. The average molecular weight is 283 g/mol. The summed E-state index contributed by atoms with van der Waals surface area (Å²) in [6, 6.07) is 4.48. The zero-order chi connectivity index (χ0) is 14.4. The molecule has 0 spiro atoms. The standard InChI is InChI=1S/C12H10ClFN2O.C2H6/c1-8(17)10-5-15-16(7-10)6-9-2-3-11(13)4-12(9)14;1-2/h2-5,7H,6H2,1H3;1-2H3. The number of ketones is 1. The monoisotopic (exact) mass is 282 g/mol. The van der Waals surface area contributed by atoms with Gasteiger partial charge in [-0.25, -0.2) is 4.39 Å². The van der Waals surface area contributed by atoms with Gasteiger partial charge in [0, 0.05) is 16.8 Å². The van der Waals surface area contributed by atoms with Gasteiger partial charge in [0.15, 0.2) is 5.78 Å². The minimum Gasteiger partial charge on any atom is -0.294 e. The van der Waals surface area contributed by atoms with E-state index in [1.54, 1.807) is 18.3 Å². The summed E-state index contributed by atoms with van der Waals surface area (Å²) in [6.45, 7) is 5.74. The van der Waals surface area contributed by atoms with E-state index in [0.717, 1.165) is 0 Å². The maximum Gasteiger partial charge on any atom is 0.162 e. The maximum absolute atomic E-state index is 13.5. The zero-order valence-electron chi connectivity index (χ0n) is 11.2. The van der Waals surface area contributed by atoms with Crippen LogP contribution in [0.4, 0.5) is 4.39 Å². The van der Waals surface area contributed by atoms with E-state index in [2.05, 4.69) is 5.10 Å². The number of Topliss-reactive ketones (excluding diaryl/α,β-unsaturated/α-hetero) is 1. The first kappa shape index (κ1) is 15.4. The second-order valence-electron chi connectivity index (χ2n) is 3.72. The van der Waals surface area contributed by atoms with E-state index >= 15 is 0 Å². The van der Waals surface area contributed by atoms with E-state index in [9.17, 15) is 9.18 Å². The van der Waals surface area contributed by atoms with Crippen LogP contribution in [0.3, 0.4) is 0 Å². The van der Waals surface area contributed by atoms with Crippen LogP contribution in [0.25, 0.3) is 0 Å². The molecule has 1 heterocycles. The molecule has 5 heteroatoms. The SMILES string of the molecule is CC.CC(=O)c1cnn(Cc2ccc(Cl)cc2F)c1. The van der Waals surface area contributed by atoms with E-state index in [1.807, 2.05) is 13.8 Å². The van der Waals surface area contributed by atoms with E-state index < -0.39 is 0 Å². The summed E-state index contributed by atoms with van der Waals surface area (Å²) in [4.78, 5) is 11.1. The predicted molar refractivity (Wildman–Crippen MR) is 74.1 cm³/mol. The molecule has 0 aliphatic carbocycles. The molecule has 3 nitrogen and oxygen atoms in total. The Kier molecular flexibility index (Phi) is 5.70. The lowest BCUT2D eigenvalue weighted by molar-refractivity contribution is 0.101. The van der Waals surface area contributed by atoms with E-state index in [1.165, 1.54) is 23.9 Å². The molecule has 0 bridgehead atoms. The Morgan fingerprint density at radius 2 is 2.11 bits per heavy atom. The molecule has 1 aromatic heterocycles. The summed E-state index contributed by atoms with van der Waals surface area (Å²) >= 11 is 5.66. The first-order chi connectivity index (χ1) is 9.06. The van der Waals surface area contributed by atoms with Crippen molar-refractivity contribution in [3.8, 4) is 0 Å². The van der Waals surface area contributed by atoms with Crippen LogP contribution in [0.1, 0.15) is 36.7 Å². The van der Waals surface area contributed by atoms with Crippen molar-refractivity contribution >= 4 is 17.4 Å². The number of carbonyl (C=O) groups excluding carboxylic acids is 1. The summed E-state index contributed by atoms with van der Waals surface area (Å²) in [6.07, 6.45) is 3.06. The van der Waals surface area contributed by atoms with Crippen molar-refractivity contribution in [3.63, 3.8) is 0 Å². The highest BCUT2D eigenvalue weighted by molar-refractivity contribution is 6.30. The van der Waals surface area contributed by atoms with Crippen LogP contribution in [0.2, 0.25) is 5.02 Å². The van der Waals surface area contributed by atoms with Gasteiger partial charge in [-0.15, -0.1) is 0 Å². The van der Waals surface area contributed by atoms with Crippen molar-refractivity contribution in [1.82, 2.24) is 9.78 Å². The van der Waals surface area contributed by atoms with Gasteiger partial charge < -0.3 is 0 Å². The highest BCUT2D eigenvalue weighted by atomic mass is 35.5. The van der Waals surface area contributed by atoms with Crippen LogP contribution in [0, 0.1) is 5.82 Å². The number of rotatable bonds is 3. The Morgan fingerprint density at radius 1 is 1.42 bits per heavy atom. The van der Waals surface area contributed by atoms with Gasteiger partial charge in [-0.05, 0) is 19.1 Å². The number of hydrogen-bond acceptors (Lipinski definition) is 2. The fourth-order valence-corrected chi connectivity index (χ4v) is 1.62. The van der Waals surface area contributed by atoms with Crippen LogP contribution in [0.5, 0.6) is 0 Å². The molecule has 1 aromatic carbocycles. The number of nitrogens with zero attached hydrogens (tertiary/aromatic N) is 2. The van der Waals surface area contributed by atoms with Gasteiger partial charge >= 0.3 is 0 Å². The van der Waals surface area contributed by atoms with Crippen molar-refractivity contribution in [2.45, 2.75) is 27.3 Å². The van der Waals surface area contributed by atoms with E-state index in [-0.39, 0.29) is 18.1 Å². The molecule has 2 rings (SSSR count). The number of aromatic nitrogens is 2. The highest BCUT2D eigenvalue weighted by Crippen LogP contribution is 2.15. The summed E-state index contributed by atoms with van der Waals surface area (Å²) in [5, 5.41) is 4.35. The van der Waals surface area contributed by atoms with Crippen molar-refractivity contribution in [2.75, 3.05) is 0 Å². The quantitative estimate of drug-likeness (QED) is 0.799. The lowest BCUT2D eigenvalue weighted by Gasteiger charge is -2.03. The number of halogens is 2. The Morgan fingerprint density at radius 3 is 2.63 bits per heavy atom. The fourth-order valence-electron chi connectivity index (χ4n) is 1.46. The van der Waals surface area contributed by atoms with Gasteiger partial charge in [0.1, 0.15) is 5.82 Å². The van der Waals surface area contributed by atoms with Crippen molar-refractivity contribution < 1.29 is 9.18 Å². The van der Waals surface area contributed by atoms with Crippen molar-refractivity contribution in [2.24, 2.45) is 0 Å². The van der Waals surface area contributed by atoms with Gasteiger partial charge in [-0.3, -0.25) is 9.48 Å². The van der Waals surface area contributed by atoms with E-state index in [4.69, 9.17) is 11.6 Å². The molecule has 0 aliphatic rings. The van der Waals surface area contributed by atoms with Gasteiger partial charge in [0.05, 0.1) is 18.3 Å². The topological polar surface area (TPSA) is 34.9 Å². The molecule has 19 heavy (non-hydrogen) atoms. The maximum atomic E-state index is 13.5. The van der Waals surface area contributed by atoms with Gasteiger partial charge in [0.25, 0.3) is 0 Å². The molecule has 0 atom stereocenters. The van der Waals surface area contributed by atoms with Crippen LogP contribution < -0.4 is 0 Å². The lowest BCUT2D eigenvalue weighted by atomic mass is 10.2. The van der Waals surface area contributed by atoms with Crippen LogP contribution in [0.15, 0.2) is 30.6 Å². The Hall–Kier alpha value is -1.68. The fraction of sp³-hybridized carbons (Fsp3) is 0.286. The van der Waals surface area contributed by atoms with Crippen LogP contribution in [-0.2, 0) is 6.54 Å². The molecule has 0 amide bonds. The van der Waals surface area contributed by atoms with Crippen molar-refractivity contribution in [1.29, 1.82) is 0 Å².